The number of aliphatic hydroxyl groups excluding tert-OH is 1. The van der Waals surface area contributed by atoms with Crippen LogP contribution in [0, 0.1) is 18.8 Å². The summed E-state index contributed by atoms with van der Waals surface area (Å²) in [5.41, 5.74) is 12.6. The molecule has 5 atom stereocenters. The summed E-state index contributed by atoms with van der Waals surface area (Å²) in [5, 5.41) is 36.6. The molecule has 7 heterocycles. The first-order valence-corrected chi connectivity index (χ1v) is 27.7. The number of nitrogens with two attached hydrogens (primary N) is 1. The smallest absolute Gasteiger partial charge is 0.243 e. The minimum absolute atomic E-state index is 0.00195. The molecule has 0 spiro atoms. The van der Waals surface area contributed by atoms with Crippen molar-refractivity contribution in [1.29, 1.82) is 0 Å². The molecule has 5 N–H and O–H groups in total. The van der Waals surface area contributed by atoms with Gasteiger partial charge in [-0.25, -0.2) is 14.4 Å². The Bertz CT molecular complexity index is 2940. The third kappa shape index (κ3) is 12.2. The summed E-state index contributed by atoms with van der Waals surface area (Å²) in [6, 6.07) is 20.6. The first-order chi connectivity index (χ1) is 36.7. The van der Waals surface area contributed by atoms with E-state index in [4.69, 9.17) is 19.7 Å². The van der Waals surface area contributed by atoms with Crippen LogP contribution in [0.1, 0.15) is 112 Å². The molecule has 3 saturated heterocycles. The molecule has 0 bridgehead atoms. The van der Waals surface area contributed by atoms with Crippen molar-refractivity contribution in [2.75, 3.05) is 49.9 Å². The zero-order chi connectivity index (χ0) is 53.0. The van der Waals surface area contributed by atoms with Gasteiger partial charge in [0, 0.05) is 94.4 Å². The fourth-order valence-corrected chi connectivity index (χ4v) is 12.1. The highest BCUT2D eigenvalue weighted by molar-refractivity contribution is 7.13. The molecule has 1 aliphatic carbocycles. The SMILES string of the molecule is Cc1ncsc1-c1ccc([C@H](C)NC(=O)[C@@H]2C[C@@H](O)CN2C(=O)[C@@H](c2cc(N3CCC(CN4CCC(OC5CC(Oc6cc(C[C@H](F)c7cc(-c8ccccc8O)nnc7N)ccn6)C5)CC4)CC3)no2)C(C)C)cc1. The Kier molecular flexibility index (Phi) is 16.3. The number of nitrogens with zero attached hydrogens (tertiary/aromatic N) is 8. The maximum absolute atomic E-state index is 15.7. The minimum Gasteiger partial charge on any atom is -0.507 e. The van der Waals surface area contributed by atoms with Crippen molar-refractivity contribution in [2.45, 2.75) is 128 Å². The highest BCUT2D eigenvalue weighted by atomic mass is 32.1. The van der Waals surface area contributed by atoms with Crippen LogP contribution >= 0.6 is 11.3 Å². The largest absolute Gasteiger partial charge is 0.507 e. The second-order valence-electron chi connectivity index (χ2n) is 21.5. The number of β-amino-alcohol motifs (C(OH)–C–C–N with tert-alkyl or cyclic N) is 1. The molecule has 10 rings (SSSR count). The number of amides is 2. The number of hydrogen-bond donors (Lipinski definition) is 4. The Labute approximate surface area is 447 Å². The molecule has 0 unspecified atom stereocenters. The molecule has 1 saturated carbocycles. The number of ether oxygens (including phenoxy) is 2. The number of aromatic hydroxyl groups is 1. The van der Waals surface area contributed by atoms with Crippen molar-refractivity contribution in [3.05, 3.63) is 113 Å². The lowest BCUT2D eigenvalue weighted by Crippen LogP contribution is -2.48. The van der Waals surface area contributed by atoms with E-state index in [1.54, 1.807) is 53.9 Å². The zero-order valence-corrected chi connectivity index (χ0v) is 44.4. The number of phenols is 1. The van der Waals surface area contributed by atoms with Gasteiger partial charge in [-0.2, -0.15) is 0 Å². The molecule has 402 valence electrons. The predicted molar refractivity (Wildman–Crippen MR) is 287 cm³/mol. The summed E-state index contributed by atoms with van der Waals surface area (Å²) in [7, 11) is 0. The number of likely N-dealkylation sites (tertiary alicyclic amines) is 2. The number of nitrogen functional groups attached to an aromatic ring is 1. The molecule has 0 radical (unpaired) electrons. The van der Waals surface area contributed by atoms with Crippen molar-refractivity contribution in [2.24, 2.45) is 11.8 Å². The number of alkyl halides is 1. The van der Waals surface area contributed by atoms with Gasteiger partial charge in [-0.05, 0) is 92.3 Å². The molecule has 6 aromatic rings. The van der Waals surface area contributed by atoms with Gasteiger partial charge in [-0.15, -0.1) is 21.5 Å². The zero-order valence-electron chi connectivity index (χ0n) is 43.6. The van der Waals surface area contributed by atoms with Crippen molar-refractivity contribution in [3.8, 4) is 33.3 Å². The van der Waals surface area contributed by atoms with E-state index in [0.717, 1.165) is 98.8 Å². The number of anilines is 2. The maximum atomic E-state index is 15.7. The number of aromatic nitrogens is 5. The number of aryl methyl sites for hydroxylation is 1. The van der Waals surface area contributed by atoms with Gasteiger partial charge in [0.25, 0.3) is 0 Å². The summed E-state index contributed by atoms with van der Waals surface area (Å²) in [6.07, 6.45) is 5.48. The van der Waals surface area contributed by atoms with Gasteiger partial charge in [-0.1, -0.05) is 55.4 Å². The van der Waals surface area contributed by atoms with Crippen LogP contribution in [0.5, 0.6) is 11.6 Å². The first kappa shape index (κ1) is 52.9. The Morgan fingerprint density at radius 2 is 1.68 bits per heavy atom. The minimum atomic E-state index is -1.46. The van der Waals surface area contributed by atoms with Crippen molar-refractivity contribution < 1.29 is 38.2 Å². The molecule has 19 heteroatoms. The Balaban J connectivity index is 0.639. The second kappa shape index (κ2) is 23.4. The molecule has 17 nitrogen and oxygen atoms in total. The number of benzene rings is 2. The molecule has 4 fully saturated rings. The van der Waals surface area contributed by atoms with Crippen molar-refractivity contribution >= 4 is 34.8 Å². The van der Waals surface area contributed by atoms with Crippen LogP contribution in [0.25, 0.3) is 21.7 Å². The molecule has 4 aromatic heterocycles. The van der Waals surface area contributed by atoms with Crippen molar-refractivity contribution in [3.63, 3.8) is 0 Å². The summed E-state index contributed by atoms with van der Waals surface area (Å²) >= 11 is 1.59. The maximum Gasteiger partial charge on any atom is 0.243 e. The molecular formula is C57H69FN10O7S. The highest BCUT2D eigenvalue weighted by Gasteiger charge is 2.44. The topological polar surface area (TPSA) is 218 Å². The number of thiazole rings is 1. The van der Waals surface area contributed by atoms with E-state index in [9.17, 15) is 19.8 Å². The van der Waals surface area contributed by atoms with E-state index >= 15 is 4.39 Å². The number of carbonyl (C=O) groups is 2. The van der Waals surface area contributed by atoms with E-state index in [2.05, 4.69) is 40.4 Å². The van der Waals surface area contributed by atoms with Crippen LogP contribution in [0.4, 0.5) is 16.0 Å². The Hall–Kier alpha value is -6.54. The summed E-state index contributed by atoms with van der Waals surface area (Å²) in [4.78, 5) is 44.4. The first-order valence-electron chi connectivity index (χ1n) is 26.8. The fourth-order valence-electron chi connectivity index (χ4n) is 11.2. The molecule has 76 heavy (non-hydrogen) atoms. The van der Waals surface area contributed by atoms with Crippen molar-refractivity contribution in [1.82, 2.24) is 40.4 Å². The van der Waals surface area contributed by atoms with Crippen LogP contribution in [-0.4, -0.2) is 127 Å². The second-order valence-corrected chi connectivity index (χ2v) is 22.3. The highest BCUT2D eigenvalue weighted by Crippen LogP contribution is 2.37. The monoisotopic (exact) mass is 1060 g/mol. The number of pyridine rings is 1. The molecule has 2 amide bonds. The Morgan fingerprint density at radius 1 is 0.921 bits per heavy atom. The molecule has 2 aromatic carbocycles. The average Bonchev–Trinajstić information content (AvgIpc) is 4.18. The molecule has 4 aliphatic rings. The number of nitrogens with one attached hydrogen (secondary N) is 1. The number of piperidine rings is 2. The van der Waals surface area contributed by atoms with Gasteiger partial charge in [0.05, 0.1) is 46.1 Å². The lowest BCUT2D eigenvalue weighted by molar-refractivity contribution is -0.141. The number of para-hydroxylation sites is 1. The summed E-state index contributed by atoms with van der Waals surface area (Å²) in [6.45, 7) is 12.6. The average molecular weight is 1060 g/mol. The standard InChI is InChI=1S/C57H69FN10O7S/c1-33(2)53(57(72)68-31-40(69)25-48(68)56(71)62-34(3)38-9-11-39(12-10-38)54-35(4)61-32-76-54)50-29-51(65-75-50)67-21-14-36(15-22-67)30-66-19-16-41(17-20-66)73-42-26-43(27-42)74-52-24-37(13-18-60-52)23-46(58)45-28-47(63-64-55(45)59)44-7-5-6-8-49(44)70/h5-13,18,24,28-29,32-34,36,40-43,46,48,53,69-70H,14-17,19-23,25-27,30-31H2,1-4H3,(H2,59,64)(H,62,71)/t34-,40+,42?,43?,46-,48-,53+/m0/s1. The normalized spacial score (nSPS) is 21.8. The number of phenolic OH excluding ortho intramolecular Hbond substituents is 1. The molecule has 3 aliphatic heterocycles. The number of halogens is 1. The van der Waals surface area contributed by atoms with Gasteiger partial charge in [0.2, 0.25) is 17.7 Å². The van der Waals surface area contributed by atoms with Crippen LogP contribution in [0.3, 0.4) is 0 Å². The van der Waals surface area contributed by atoms with E-state index < -0.39 is 24.2 Å². The number of hydrogen-bond acceptors (Lipinski definition) is 16. The van der Waals surface area contributed by atoms with Gasteiger partial charge in [0.15, 0.2) is 17.4 Å². The van der Waals surface area contributed by atoms with Crippen LogP contribution < -0.4 is 20.7 Å². The van der Waals surface area contributed by atoms with Gasteiger partial charge in [0.1, 0.15) is 30.0 Å². The van der Waals surface area contributed by atoms with Gasteiger partial charge >= 0.3 is 0 Å². The van der Waals surface area contributed by atoms with E-state index in [0.29, 0.717) is 34.4 Å². The van der Waals surface area contributed by atoms with Crippen LogP contribution in [-0.2, 0) is 20.7 Å². The summed E-state index contributed by atoms with van der Waals surface area (Å²) in [5.74, 6) is 0.881. The van der Waals surface area contributed by atoms with E-state index in [1.807, 2.05) is 63.5 Å². The summed E-state index contributed by atoms with van der Waals surface area (Å²) < 4.78 is 34.4. The lowest BCUT2D eigenvalue weighted by Gasteiger charge is -2.41. The van der Waals surface area contributed by atoms with E-state index in [-0.39, 0.29) is 78.6 Å². The predicted octanol–water partition coefficient (Wildman–Crippen LogP) is 8.39. The number of carbonyl (C=O) groups excluding carboxylic acids is 2. The third-order valence-corrected chi connectivity index (χ3v) is 16.7. The number of rotatable bonds is 18. The molecular weight excluding hydrogens is 988 g/mol. The Morgan fingerprint density at radius 3 is 2.41 bits per heavy atom. The van der Waals surface area contributed by atoms with Gasteiger partial charge in [-0.3, -0.25) is 9.59 Å². The van der Waals surface area contributed by atoms with Crippen LogP contribution in [0.2, 0.25) is 0 Å². The third-order valence-electron chi connectivity index (χ3n) is 15.7. The number of aliphatic hydroxyl groups is 1. The lowest BCUT2D eigenvalue weighted by atomic mass is 9.91. The fraction of sp³-hybridized carbons (Fsp3) is 0.491. The van der Waals surface area contributed by atoms with Gasteiger partial charge < -0.3 is 50.0 Å². The van der Waals surface area contributed by atoms with Crippen LogP contribution in [0.15, 0.2) is 89.0 Å². The quantitative estimate of drug-likeness (QED) is 0.0635. The van der Waals surface area contributed by atoms with E-state index in [1.165, 1.54) is 11.0 Å².